The Bertz CT molecular complexity index is 1140. The molecule has 1 saturated heterocycles. The molecule has 3 N–H and O–H groups in total. The average molecular weight is 565 g/mol. The summed E-state index contributed by atoms with van der Waals surface area (Å²) < 4.78 is 5.90. The SMILES string of the molecule is CC(=Cc1csc(C)n1)[C@H](C[C@@H]1O[C@]1(C)CCC(=O)[C@H](C)[C@H](O)[C@@H](C)C(=O)C(C)(C)[C@@H](O)CC(=O)O)N=[N+]=[N-]. The van der Waals surface area contributed by atoms with Crippen LogP contribution in [0.15, 0.2) is 16.1 Å². The number of Topliss-reactive ketones (excluding diaryl/α,β-unsaturated/α-hetero) is 2. The van der Waals surface area contributed by atoms with Crippen molar-refractivity contribution in [2.24, 2.45) is 22.4 Å². The van der Waals surface area contributed by atoms with Gasteiger partial charge >= 0.3 is 5.97 Å². The van der Waals surface area contributed by atoms with E-state index < -0.39 is 59.3 Å². The number of nitrogens with zero attached hydrogens (tertiary/aromatic N) is 4. The van der Waals surface area contributed by atoms with Gasteiger partial charge in [-0.05, 0) is 45.2 Å². The van der Waals surface area contributed by atoms with E-state index >= 15 is 0 Å². The Morgan fingerprint density at radius 3 is 2.49 bits per heavy atom. The number of aromatic nitrogens is 1. The summed E-state index contributed by atoms with van der Waals surface area (Å²) in [5.74, 6) is -3.81. The highest BCUT2D eigenvalue weighted by molar-refractivity contribution is 7.09. The van der Waals surface area contributed by atoms with Gasteiger partial charge in [-0.15, -0.1) is 11.3 Å². The van der Waals surface area contributed by atoms with Crippen molar-refractivity contribution < 1.29 is 34.4 Å². The minimum atomic E-state index is -1.43. The van der Waals surface area contributed by atoms with Gasteiger partial charge in [-0.1, -0.05) is 38.4 Å². The molecule has 7 atom stereocenters. The van der Waals surface area contributed by atoms with Crippen molar-refractivity contribution in [2.75, 3.05) is 0 Å². The third-order valence-corrected chi connectivity index (χ3v) is 8.64. The number of azide groups is 1. The average Bonchev–Trinajstić information content (AvgIpc) is 3.32. The van der Waals surface area contributed by atoms with Crippen molar-refractivity contribution in [3.05, 3.63) is 32.1 Å². The largest absolute Gasteiger partial charge is 0.481 e. The molecule has 39 heavy (non-hydrogen) atoms. The molecule has 0 radical (unpaired) electrons. The van der Waals surface area contributed by atoms with Gasteiger partial charge in [-0.25, -0.2) is 4.98 Å². The Morgan fingerprint density at radius 2 is 1.95 bits per heavy atom. The number of aryl methyl sites for hydroxylation is 1. The smallest absolute Gasteiger partial charge is 0.306 e. The van der Waals surface area contributed by atoms with Gasteiger partial charge in [0.05, 0.1) is 52.5 Å². The fraction of sp³-hybridized carbons (Fsp3) is 0.704. The predicted molar refractivity (Wildman–Crippen MR) is 147 cm³/mol. The summed E-state index contributed by atoms with van der Waals surface area (Å²) in [5.41, 5.74) is 8.74. The number of aliphatic hydroxyl groups is 2. The highest BCUT2D eigenvalue weighted by Gasteiger charge is 2.52. The summed E-state index contributed by atoms with van der Waals surface area (Å²) in [6, 6.07) is -0.424. The van der Waals surface area contributed by atoms with Crippen LogP contribution in [0.25, 0.3) is 16.5 Å². The van der Waals surface area contributed by atoms with Gasteiger partial charge in [-0.2, -0.15) is 0 Å². The minimum absolute atomic E-state index is 0.121. The highest BCUT2D eigenvalue weighted by Crippen LogP contribution is 2.44. The minimum Gasteiger partial charge on any atom is -0.481 e. The van der Waals surface area contributed by atoms with Crippen molar-refractivity contribution in [3.63, 3.8) is 0 Å². The number of rotatable bonds is 16. The summed E-state index contributed by atoms with van der Waals surface area (Å²) in [4.78, 5) is 44.2. The summed E-state index contributed by atoms with van der Waals surface area (Å²) in [7, 11) is 0. The van der Waals surface area contributed by atoms with E-state index in [1.165, 1.54) is 32.1 Å². The van der Waals surface area contributed by atoms with Gasteiger partial charge in [0.1, 0.15) is 11.6 Å². The maximum Gasteiger partial charge on any atom is 0.306 e. The van der Waals surface area contributed by atoms with E-state index in [9.17, 15) is 24.6 Å². The van der Waals surface area contributed by atoms with Crippen molar-refractivity contribution in [1.82, 2.24) is 4.98 Å². The molecule has 0 aliphatic carbocycles. The lowest BCUT2D eigenvalue weighted by Crippen LogP contribution is -2.46. The number of aliphatic hydroxyl groups excluding tert-OH is 2. The van der Waals surface area contributed by atoms with Crippen LogP contribution in [-0.4, -0.2) is 67.8 Å². The number of ketones is 2. The number of aliphatic carboxylic acids is 1. The first-order valence-corrected chi connectivity index (χ1v) is 13.9. The zero-order valence-electron chi connectivity index (χ0n) is 23.6. The van der Waals surface area contributed by atoms with Crippen molar-refractivity contribution in [3.8, 4) is 0 Å². The molecular formula is C27H40N4O7S. The monoisotopic (exact) mass is 564 g/mol. The molecular weight excluding hydrogens is 524 g/mol. The molecule has 1 aliphatic rings. The van der Waals surface area contributed by atoms with E-state index in [1.807, 2.05) is 32.2 Å². The van der Waals surface area contributed by atoms with Gasteiger partial charge in [0, 0.05) is 28.5 Å². The number of thiazole rings is 1. The number of carbonyl (C=O) groups excluding carboxylic acids is 2. The van der Waals surface area contributed by atoms with E-state index in [4.69, 9.17) is 15.4 Å². The second-order valence-corrected chi connectivity index (χ2v) is 12.4. The first-order valence-electron chi connectivity index (χ1n) is 13.0. The molecule has 1 fully saturated rings. The Labute approximate surface area is 232 Å². The van der Waals surface area contributed by atoms with E-state index in [0.717, 1.165) is 16.3 Å². The third kappa shape index (κ3) is 8.43. The molecule has 0 aromatic carbocycles. The zero-order valence-corrected chi connectivity index (χ0v) is 24.4. The van der Waals surface area contributed by atoms with Gasteiger partial charge in [0.25, 0.3) is 0 Å². The van der Waals surface area contributed by atoms with Crippen LogP contribution in [0.4, 0.5) is 0 Å². The molecule has 1 aromatic rings. The van der Waals surface area contributed by atoms with Crippen LogP contribution in [-0.2, 0) is 19.1 Å². The fourth-order valence-electron chi connectivity index (χ4n) is 4.72. The molecule has 2 heterocycles. The Balaban J connectivity index is 1.95. The van der Waals surface area contributed by atoms with Gasteiger partial charge < -0.3 is 20.1 Å². The quantitative estimate of drug-likeness (QED) is 0.113. The predicted octanol–water partition coefficient (Wildman–Crippen LogP) is 4.49. The van der Waals surface area contributed by atoms with Gasteiger partial charge in [0.2, 0.25) is 0 Å². The van der Waals surface area contributed by atoms with Crippen LogP contribution in [0, 0.1) is 24.2 Å². The lowest BCUT2D eigenvalue weighted by Gasteiger charge is -2.33. The molecule has 11 nitrogen and oxygen atoms in total. The second-order valence-electron chi connectivity index (χ2n) is 11.3. The first-order chi connectivity index (χ1) is 18.0. The Morgan fingerprint density at radius 1 is 1.31 bits per heavy atom. The van der Waals surface area contributed by atoms with E-state index in [-0.39, 0.29) is 18.3 Å². The van der Waals surface area contributed by atoms with Gasteiger partial charge in [0.15, 0.2) is 0 Å². The van der Waals surface area contributed by atoms with Crippen LogP contribution in [0.1, 0.15) is 77.9 Å². The van der Waals surface area contributed by atoms with Crippen LogP contribution < -0.4 is 0 Å². The number of carboxylic acid groups (broad SMARTS) is 1. The van der Waals surface area contributed by atoms with Crippen molar-refractivity contribution in [1.29, 1.82) is 0 Å². The topological polar surface area (TPSA) is 186 Å². The van der Waals surface area contributed by atoms with Crippen LogP contribution in [0.5, 0.6) is 0 Å². The molecule has 12 heteroatoms. The summed E-state index contributed by atoms with van der Waals surface area (Å²) in [5, 5.41) is 36.7. The maximum atomic E-state index is 13.0. The molecule has 216 valence electrons. The lowest BCUT2D eigenvalue weighted by molar-refractivity contribution is -0.147. The van der Waals surface area contributed by atoms with E-state index in [1.54, 1.807) is 6.92 Å². The highest BCUT2D eigenvalue weighted by atomic mass is 32.1. The molecule has 0 saturated carbocycles. The molecule has 0 amide bonds. The molecule has 1 aliphatic heterocycles. The number of ether oxygens (including phenoxy) is 1. The van der Waals surface area contributed by atoms with Crippen LogP contribution in [0.2, 0.25) is 0 Å². The van der Waals surface area contributed by atoms with Crippen molar-refractivity contribution in [2.45, 2.75) is 104 Å². The van der Waals surface area contributed by atoms with Crippen LogP contribution >= 0.6 is 11.3 Å². The summed E-state index contributed by atoms with van der Waals surface area (Å²) in [6.07, 6.45) is -0.662. The third-order valence-electron chi connectivity index (χ3n) is 7.85. The number of epoxide rings is 1. The summed E-state index contributed by atoms with van der Waals surface area (Å²) >= 11 is 1.53. The number of carbonyl (C=O) groups is 3. The van der Waals surface area contributed by atoms with Crippen molar-refractivity contribution >= 4 is 34.9 Å². The van der Waals surface area contributed by atoms with Crippen LogP contribution in [0.3, 0.4) is 0 Å². The zero-order chi connectivity index (χ0) is 29.7. The normalized spacial score (nSPS) is 23.2. The Hall–Kier alpha value is -2.63. The van der Waals surface area contributed by atoms with Gasteiger partial charge in [-0.3, -0.25) is 14.4 Å². The molecule has 2 rings (SSSR count). The number of hydrogen-bond donors (Lipinski definition) is 3. The summed E-state index contributed by atoms with van der Waals surface area (Å²) in [6.45, 7) is 11.6. The number of carboxylic acids is 1. The molecule has 0 spiro atoms. The lowest BCUT2D eigenvalue weighted by atomic mass is 9.73. The standard InChI is InChI=1S/C27H40N4O7S/c1-14(10-18-13-39-17(4)29-18)19(30-31-28)11-22-27(7,38-22)9-8-20(32)15(2)24(36)16(3)25(37)26(5,6)21(33)12-23(34)35/h10,13,15-16,19,21-22,24,33,36H,8-9,11-12H2,1-7H3,(H,34,35)/t15-,16+,19-,21-,22-,24-,27+/m0/s1. The van der Waals surface area contributed by atoms with E-state index in [0.29, 0.717) is 12.8 Å². The van der Waals surface area contributed by atoms with E-state index in [2.05, 4.69) is 15.0 Å². The maximum absolute atomic E-state index is 13.0. The second kappa shape index (κ2) is 13.1. The first kappa shape index (κ1) is 32.6. The molecule has 0 bridgehead atoms. The Kier molecular flexibility index (Phi) is 11.0. The fourth-order valence-corrected chi connectivity index (χ4v) is 5.29. The number of hydrogen-bond acceptors (Lipinski definition) is 9. The molecule has 1 aromatic heterocycles. The molecule has 0 unspecified atom stereocenters.